The Morgan fingerprint density at radius 2 is 1.48 bits per heavy atom. The number of carbonyl (C=O) groups is 2. The Morgan fingerprint density at radius 1 is 0.810 bits per heavy atom. The molecule has 10 nitrogen and oxygen atoms in total. The van der Waals surface area contributed by atoms with Gasteiger partial charge in [0.15, 0.2) is 5.11 Å². The predicted molar refractivity (Wildman–Crippen MR) is 169 cm³/mol. The number of amides is 2. The molecule has 2 N–H and O–H groups in total. The van der Waals surface area contributed by atoms with E-state index in [-0.39, 0.29) is 22.3 Å². The molecule has 3 aromatic carbocycles. The number of piperazine rings is 1. The molecule has 0 unspecified atom stereocenters. The Bertz CT molecular complexity index is 1490. The fourth-order valence-corrected chi connectivity index (χ4v) is 5.82. The second kappa shape index (κ2) is 13.2. The van der Waals surface area contributed by atoms with E-state index >= 15 is 0 Å². The summed E-state index contributed by atoms with van der Waals surface area (Å²) >= 11 is 11.9. The molecule has 5 rings (SSSR count). The summed E-state index contributed by atoms with van der Waals surface area (Å²) in [4.78, 5) is 42.9. The highest BCUT2D eigenvalue weighted by atomic mass is 35.5. The predicted octanol–water partition coefficient (Wildman–Crippen LogP) is 5.33. The van der Waals surface area contributed by atoms with Gasteiger partial charge >= 0.3 is 0 Å². The van der Waals surface area contributed by atoms with Crippen LogP contribution in [-0.4, -0.2) is 66.0 Å². The van der Waals surface area contributed by atoms with Crippen molar-refractivity contribution in [3.05, 3.63) is 93.0 Å². The first-order valence-corrected chi connectivity index (χ1v) is 14.6. The van der Waals surface area contributed by atoms with Gasteiger partial charge < -0.3 is 20.0 Å². The Labute approximate surface area is 254 Å². The van der Waals surface area contributed by atoms with Crippen molar-refractivity contribution in [3.8, 4) is 0 Å². The molecule has 0 atom stereocenters. The standard InChI is InChI=1S/C30H31ClN6O4S/c31-24-20-23(10-12-25(24)35-15-17-36(18-16-35)29(39)21-7-3-1-4-8-21)32-30(42)33-28(38)22-9-11-26(27(19-22)37(40)41)34-13-5-2-6-14-34/h1,3-4,7-12,19-20H,2,5-6,13-18H2,(H2,32,33,38,42). The zero-order valence-corrected chi connectivity index (χ0v) is 24.5. The highest BCUT2D eigenvalue weighted by Crippen LogP contribution is 2.32. The van der Waals surface area contributed by atoms with Crippen LogP contribution < -0.4 is 20.4 Å². The second-order valence-electron chi connectivity index (χ2n) is 10.2. The Kier molecular flexibility index (Phi) is 9.19. The highest BCUT2D eigenvalue weighted by Gasteiger charge is 2.25. The van der Waals surface area contributed by atoms with Crippen LogP contribution in [0.15, 0.2) is 66.7 Å². The number of carbonyl (C=O) groups excluding carboxylic acids is 2. The summed E-state index contributed by atoms with van der Waals surface area (Å²) in [6, 6.07) is 19.1. The van der Waals surface area contributed by atoms with Crippen LogP contribution in [0.25, 0.3) is 0 Å². The molecule has 0 aromatic heterocycles. The minimum atomic E-state index is -0.550. The number of rotatable bonds is 6. The number of benzene rings is 3. The topological polar surface area (TPSA) is 111 Å². The normalized spacial score (nSPS) is 15.2. The maximum Gasteiger partial charge on any atom is 0.293 e. The van der Waals surface area contributed by atoms with Crippen molar-refractivity contribution in [1.29, 1.82) is 0 Å². The van der Waals surface area contributed by atoms with E-state index in [0.717, 1.165) is 38.0 Å². The van der Waals surface area contributed by atoms with Gasteiger partial charge in [0.05, 0.1) is 15.6 Å². The lowest BCUT2D eigenvalue weighted by Gasteiger charge is -2.36. The second-order valence-corrected chi connectivity index (χ2v) is 11.0. The Balaban J connectivity index is 1.17. The maximum atomic E-state index is 12.9. The summed E-state index contributed by atoms with van der Waals surface area (Å²) in [5.41, 5.74) is 2.66. The molecule has 2 fully saturated rings. The van der Waals surface area contributed by atoms with Crippen LogP contribution in [-0.2, 0) is 0 Å². The molecule has 2 aliphatic heterocycles. The van der Waals surface area contributed by atoms with E-state index in [1.54, 1.807) is 24.3 Å². The van der Waals surface area contributed by atoms with Crippen LogP contribution in [0.1, 0.15) is 40.0 Å². The summed E-state index contributed by atoms with van der Waals surface area (Å²) in [5, 5.41) is 17.8. The van der Waals surface area contributed by atoms with Crippen LogP contribution in [0, 0.1) is 10.1 Å². The Hall–Kier alpha value is -4.22. The third-order valence-electron chi connectivity index (χ3n) is 7.49. The molecule has 2 heterocycles. The summed E-state index contributed by atoms with van der Waals surface area (Å²) in [7, 11) is 0. The van der Waals surface area contributed by atoms with Crippen LogP contribution in [0.2, 0.25) is 5.02 Å². The third-order valence-corrected chi connectivity index (χ3v) is 8.00. The van der Waals surface area contributed by atoms with Crippen molar-refractivity contribution in [3.63, 3.8) is 0 Å². The quantitative estimate of drug-likeness (QED) is 0.220. The lowest BCUT2D eigenvalue weighted by atomic mass is 10.1. The van der Waals surface area contributed by atoms with Gasteiger partial charge in [-0.2, -0.15) is 0 Å². The van der Waals surface area contributed by atoms with Crippen LogP contribution in [0.3, 0.4) is 0 Å². The van der Waals surface area contributed by atoms with Crippen molar-refractivity contribution >= 4 is 63.5 Å². The van der Waals surface area contributed by atoms with E-state index in [1.165, 1.54) is 6.07 Å². The zero-order valence-electron chi connectivity index (χ0n) is 22.9. The molecule has 3 aromatic rings. The fourth-order valence-electron chi connectivity index (χ4n) is 5.31. The lowest BCUT2D eigenvalue weighted by Crippen LogP contribution is -2.48. The summed E-state index contributed by atoms with van der Waals surface area (Å²) in [6.45, 7) is 3.96. The van der Waals surface area contributed by atoms with Crippen molar-refractivity contribution in [2.45, 2.75) is 19.3 Å². The van der Waals surface area contributed by atoms with Gasteiger partial charge in [-0.1, -0.05) is 29.8 Å². The molecule has 218 valence electrons. The highest BCUT2D eigenvalue weighted by molar-refractivity contribution is 7.80. The molecule has 0 bridgehead atoms. The van der Waals surface area contributed by atoms with E-state index in [0.29, 0.717) is 48.1 Å². The minimum Gasteiger partial charge on any atom is -0.367 e. The molecule has 2 aliphatic rings. The molecule has 0 aliphatic carbocycles. The van der Waals surface area contributed by atoms with Gasteiger partial charge in [0, 0.05) is 62.1 Å². The van der Waals surface area contributed by atoms with E-state index in [2.05, 4.69) is 15.5 Å². The lowest BCUT2D eigenvalue weighted by molar-refractivity contribution is -0.384. The van der Waals surface area contributed by atoms with E-state index in [4.69, 9.17) is 23.8 Å². The number of halogens is 1. The fraction of sp³-hybridized carbons (Fsp3) is 0.300. The molecule has 2 amide bonds. The van der Waals surface area contributed by atoms with Crippen molar-refractivity contribution in [2.24, 2.45) is 0 Å². The molecule has 42 heavy (non-hydrogen) atoms. The summed E-state index contributed by atoms with van der Waals surface area (Å²) < 4.78 is 0. The first-order chi connectivity index (χ1) is 20.3. The van der Waals surface area contributed by atoms with Crippen molar-refractivity contribution in [2.75, 3.05) is 54.4 Å². The summed E-state index contributed by atoms with van der Waals surface area (Å²) in [6.07, 6.45) is 3.07. The number of nitro benzene ring substituents is 1. The largest absolute Gasteiger partial charge is 0.367 e. The van der Waals surface area contributed by atoms with Crippen LogP contribution in [0.4, 0.5) is 22.7 Å². The van der Waals surface area contributed by atoms with E-state index < -0.39 is 10.8 Å². The molecular weight excluding hydrogens is 576 g/mol. The van der Waals surface area contributed by atoms with Crippen molar-refractivity contribution < 1.29 is 14.5 Å². The van der Waals surface area contributed by atoms with Gasteiger partial charge in [-0.25, -0.2) is 0 Å². The van der Waals surface area contributed by atoms with Gasteiger partial charge in [-0.15, -0.1) is 0 Å². The van der Waals surface area contributed by atoms with Crippen LogP contribution in [0.5, 0.6) is 0 Å². The van der Waals surface area contributed by atoms with Crippen LogP contribution >= 0.6 is 23.8 Å². The van der Waals surface area contributed by atoms with Gasteiger partial charge in [0.25, 0.3) is 17.5 Å². The molecule has 0 saturated carbocycles. The molecule has 0 radical (unpaired) electrons. The number of piperidine rings is 1. The first kappa shape index (κ1) is 29.3. The molecule has 0 spiro atoms. The number of thiocarbonyl (C=S) groups is 1. The van der Waals surface area contributed by atoms with E-state index in [9.17, 15) is 19.7 Å². The number of hydrogen-bond donors (Lipinski definition) is 2. The monoisotopic (exact) mass is 606 g/mol. The average Bonchev–Trinajstić information content (AvgIpc) is 3.01. The number of hydrogen-bond acceptors (Lipinski definition) is 7. The van der Waals surface area contributed by atoms with Gasteiger partial charge in [-0.3, -0.25) is 25.0 Å². The Morgan fingerprint density at radius 3 is 2.14 bits per heavy atom. The number of nitro groups is 1. The summed E-state index contributed by atoms with van der Waals surface area (Å²) in [5.74, 6) is -0.532. The van der Waals surface area contributed by atoms with Gasteiger partial charge in [0.2, 0.25) is 0 Å². The number of nitrogens with zero attached hydrogens (tertiary/aromatic N) is 4. The number of anilines is 3. The number of nitrogens with one attached hydrogen (secondary N) is 2. The van der Waals surface area contributed by atoms with Gasteiger partial charge in [0.1, 0.15) is 5.69 Å². The first-order valence-electron chi connectivity index (χ1n) is 13.8. The molecular formula is C30H31ClN6O4S. The van der Waals surface area contributed by atoms with Gasteiger partial charge in [-0.05, 0) is 73.9 Å². The van der Waals surface area contributed by atoms with E-state index in [1.807, 2.05) is 46.2 Å². The maximum absolute atomic E-state index is 12.9. The average molecular weight is 607 g/mol. The molecule has 12 heteroatoms. The molecule has 2 saturated heterocycles. The SMILES string of the molecule is O=C(NC(=S)Nc1ccc(N2CCN(C(=O)c3ccccc3)CC2)c(Cl)c1)c1ccc(N2CCCCC2)c([N+](=O)[O-])c1. The third kappa shape index (κ3) is 6.80. The van der Waals surface area contributed by atoms with Crippen molar-refractivity contribution in [1.82, 2.24) is 10.2 Å². The smallest absolute Gasteiger partial charge is 0.293 e. The minimum absolute atomic E-state index is 0.0176. The zero-order chi connectivity index (χ0) is 29.6.